The van der Waals surface area contributed by atoms with Crippen molar-refractivity contribution in [3.63, 3.8) is 0 Å². The first-order valence-electron chi connectivity index (χ1n) is 6.12. The molecule has 1 aliphatic heterocycles. The summed E-state index contributed by atoms with van der Waals surface area (Å²) in [6, 6.07) is 6.24. The van der Waals surface area contributed by atoms with Gasteiger partial charge < -0.3 is 10.1 Å². The van der Waals surface area contributed by atoms with Gasteiger partial charge in [0, 0.05) is 10.4 Å². The predicted molar refractivity (Wildman–Crippen MR) is 75.6 cm³/mol. The lowest BCUT2D eigenvalue weighted by atomic mass is 10.1. The molecule has 18 heavy (non-hydrogen) atoms. The molecule has 0 spiro atoms. The van der Waals surface area contributed by atoms with Crippen molar-refractivity contribution in [2.75, 3.05) is 11.9 Å². The first kappa shape index (κ1) is 11.5. The number of ether oxygens (including phenoxy) is 1. The van der Waals surface area contributed by atoms with Gasteiger partial charge in [0.1, 0.15) is 11.9 Å². The second-order valence-electron chi connectivity index (χ2n) is 4.66. The van der Waals surface area contributed by atoms with Gasteiger partial charge in [-0.2, -0.15) is 0 Å². The van der Waals surface area contributed by atoms with Gasteiger partial charge in [-0.15, -0.1) is 11.3 Å². The molecule has 0 saturated heterocycles. The topological polar surface area (TPSA) is 34.2 Å². The molecule has 0 bridgehead atoms. The maximum absolute atomic E-state index is 5.78. The van der Waals surface area contributed by atoms with Crippen LogP contribution < -0.4 is 10.1 Å². The Bertz CT molecular complexity index is 591. The molecule has 3 rings (SSSR count). The zero-order valence-corrected chi connectivity index (χ0v) is 11.6. The van der Waals surface area contributed by atoms with E-state index < -0.39 is 0 Å². The molecule has 1 atom stereocenters. The van der Waals surface area contributed by atoms with E-state index in [9.17, 15) is 0 Å². The summed E-state index contributed by atoms with van der Waals surface area (Å²) in [6.07, 6.45) is 0.228. The van der Waals surface area contributed by atoms with E-state index in [0.29, 0.717) is 0 Å². The van der Waals surface area contributed by atoms with Gasteiger partial charge in [0.25, 0.3) is 0 Å². The minimum atomic E-state index is 0.228. The quantitative estimate of drug-likeness (QED) is 0.850. The van der Waals surface area contributed by atoms with Crippen LogP contribution >= 0.6 is 11.3 Å². The van der Waals surface area contributed by atoms with Gasteiger partial charge in [-0.3, -0.25) is 0 Å². The molecule has 94 valence electrons. The highest BCUT2D eigenvalue weighted by Gasteiger charge is 2.17. The first-order chi connectivity index (χ1) is 8.63. The Kier molecular flexibility index (Phi) is 2.74. The van der Waals surface area contributed by atoms with E-state index in [4.69, 9.17) is 4.74 Å². The van der Waals surface area contributed by atoms with Crippen LogP contribution in [0.25, 0.3) is 11.3 Å². The van der Waals surface area contributed by atoms with Crippen molar-refractivity contribution in [3.8, 4) is 17.0 Å². The molecule has 3 nitrogen and oxygen atoms in total. The van der Waals surface area contributed by atoms with Gasteiger partial charge in [-0.05, 0) is 39.0 Å². The van der Waals surface area contributed by atoms with Crippen molar-refractivity contribution in [1.82, 2.24) is 4.98 Å². The minimum absolute atomic E-state index is 0.228. The number of thiazole rings is 1. The van der Waals surface area contributed by atoms with E-state index in [1.54, 1.807) is 11.3 Å². The van der Waals surface area contributed by atoms with E-state index in [0.717, 1.165) is 34.2 Å². The van der Waals surface area contributed by atoms with Gasteiger partial charge in [0.15, 0.2) is 0 Å². The van der Waals surface area contributed by atoms with Crippen LogP contribution in [-0.4, -0.2) is 17.6 Å². The molecule has 0 aliphatic carbocycles. The summed E-state index contributed by atoms with van der Waals surface area (Å²) < 4.78 is 5.78. The lowest BCUT2D eigenvalue weighted by Gasteiger charge is -2.25. The Morgan fingerprint density at radius 2 is 2.22 bits per heavy atom. The molecule has 1 unspecified atom stereocenters. The second kappa shape index (κ2) is 4.28. The fourth-order valence-corrected chi connectivity index (χ4v) is 3.07. The third-order valence-corrected chi connectivity index (χ3v) is 3.95. The molecule has 1 aromatic heterocycles. The van der Waals surface area contributed by atoms with Gasteiger partial charge in [0.05, 0.1) is 22.9 Å². The van der Waals surface area contributed by atoms with E-state index in [1.807, 2.05) is 13.0 Å². The zero-order valence-electron chi connectivity index (χ0n) is 10.8. The predicted octanol–water partition coefficient (Wildman–Crippen LogP) is 3.62. The summed E-state index contributed by atoms with van der Waals surface area (Å²) in [7, 11) is 0. The Morgan fingerprint density at radius 1 is 1.39 bits per heavy atom. The first-order valence-corrected chi connectivity index (χ1v) is 6.94. The van der Waals surface area contributed by atoms with Crippen LogP contribution in [0.2, 0.25) is 0 Å². The van der Waals surface area contributed by atoms with Crippen LogP contribution in [0.5, 0.6) is 5.75 Å². The molecular weight excluding hydrogens is 244 g/mol. The molecule has 2 aromatic rings. The maximum Gasteiger partial charge on any atom is 0.142 e. The third kappa shape index (κ3) is 1.97. The number of hydrogen-bond acceptors (Lipinski definition) is 4. The molecule has 4 heteroatoms. The smallest absolute Gasteiger partial charge is 0.142 e. The normalized spacial score (nSPS) is 17.8. The largest absolute Gasteiger partial charge is 0.487 e. The number of fused-ring (bicyclic) bond motifs is 1. The summed E-state index contributed by atoms with van der Waals surface area (Å²) in [6.45, 7) is 7.08. The van der Waals surface area contributed by atoms with Crippen LogP contribution in [0.3, 0.4) is 0 Å². The average Bonchev–Trinajstić information content (AvgIpc) is 2.68. The van der Waals surface area contributed by atoms with Crippen molar-refractivity contribution in [3.05, 3.63) is 28.1 Å². The van der Waals surface area contributed by atoms with E-state index in [2.05, 4.69) is 36.3 Å². The molecule has 1 aromatic carbocycles. The maximum atomic E-state index is 5.78. The monoisotopic (exact) mass is 260 g/mol. The van der Waals surface area contributed by atoms with Crippen LogP contribution in [0.1, 0.15) is 16.8 Å². The summed E-state index contributed by atoms with van der Waals surface area (Å²) in [5, 5.41) is 4.51. The second-order valence-corrected chi connectivity index (χ2v) is 6.07. The minimum Gasteiger partial charge on any atom is -0.487 e. The molecule has 2 heterocycles. The Labute approximate surface area is 111 Å². The lowest BCUT2D eigenvalue weighted by molar-refractivity contribution is 0.226. The number of nitrogens with zero attached hydrogens (tertiary/aromatic N) is 1. The van der Waals surface area contributed by atoms with Crippen LogP contribution in [0.15, 0.2) is 18.2 Å². The van der Waals surface area contributed by atoms with Gasteiger partial charge >= 0.3 is 0 Å². The molecule has 0 saturated carbocycles. The zero-order chi connectivity index (χ0) is 12.7. The molecule has 1 aliphatic rings. The molecule has 1 N–H and O–H groups in total. The fraction of sp³-hybridized carbons (Fsp3) is 0.357. The number of anilines is 1. The Balaban J connectivity index is 2.02. The Hall–Kier alpha value is -1.55. The van der Waals surface area contributed by atoms with Crippen molar-refractivity contribution < 1.29 is 4.74 Å². The van der Waals surface area contributed by atoms with E-state index in [-0.39, 0.29) is 6.10 Å². The van der Waals surface area contributed by atoms with Crippen molar-refractivity contribution in [1.29, 1.82) is 0 Å². The number of nitrogens with one attached hydrogen (secondary N) is 1. The number of rotatable bonds is 1. The van der Waals surface area contributed by atoms with Crippen LogP contribution in [0.4, 0.5) is 5.69 Å². The van der Waals surface area contributed by atoms with Crippen molar-refractivity contribution in [2.45, 2.75) is 26.9 Å². The Morgan fingerprint density at radius 3 is 2.94 bits per heavy atom. The third-order valence-electron chi connectivity index (χ3n) is 3.06. The molecule has 0 radical (unpaired) electrons. The summed E-state index contributed by atoms with van der Waals surface area (Å²) >= 11 is 1.74. The molecule has 0 fully saturated rings. The van der Waals surface area contributed by atoms with Crippen molar-refractivity contribution >= 4 is 17.0 Å². The number of hydrogen-bond donors (Lipinski definition) is 1. The van der Waals surface area contributed by atoms with Crippen molar-refractivity contribution in [2.24, 2.45) is 0 Å². The number of aromatic nitrogens is 1. The average molecular weight is 260 g/mol. The highest BCUT2D eigenvalue weighted by molar-refractivity contribution is 7.11. The van der Waals surface area contributed by atoms with Crippen LogP contribution in [0, 0.1) is 13.8 Å². The summed E-state index contributed by atoms with van der Waals surface area (Å²) in [5.41, 5.74) is 3.30. The summed E-state index contributed by atoms with van der Waals surface area (Å²) in [5.74, 6) is 0.933. The molecular formula is C14H16N2OS. The van der Waals surface area contributed by atoms with Gasteiger partial charge in [-0.1, -0.05) is 0 Å². The summed E-state index contributed by atoms with van der Waals surface area (Å²) in [4.78, 5) is 5.86. The SMILES string of the molecule is Cc1nc(-c2ccc3c(c2)NCC(C)O3)c(C)s1. The van der Waals surface area contributed by atoms with E-state index in [1.165, 1.54) is 4.88 Å². The highest BCUT2D eigenvalue weighted by Crippen LogP contribution is 2.35. The van der Waals surface area contributed by atoms with Gasteiger partial charge in [-0.25, -0.2) is 4.98 Å². The highest BCUT2D eigenvalue weighted by atomic mass is 32.1. The van der Waals surface area contributed by atoms with Crippen LogP contribution in [-0.2, 0) is 0 Å². The number of aryl methyl sites for hydroxylation is 2. The van der Waals surface area contributed by atoms with Gasteiger partial charge in [0.2, 0.25) is 0 Å². The standard InChI is InChI=1S/C14H16N2OS/c1-8-7-15-12-6-11(4-5-13(12)17-8)14-9(2)18-10(3)16-14/h4-6,8,15H,7H2,1-3H3. The molecule has 0 amide bonds. The number of benzene rings is 1. The van der Waals surface area contributed by atoms with E-state index >= 15 is 0 Å². The lowest BCUT2D eigenvalue weighted by Crippen LogP contribution is -2.27. The fourth-order valence-electron chi connectivity index (χ4n) is 2.23.